The van der Waals surface area contributed by atoms with Crippen molar-refractivity contribution in [2.45, 2.75) is 24.7 Å². The molecule has 1 unspecified atom stereocenters. The SMILES string of the molecule is CC1(C)c2cc(-c3ccc4c(c3)C3(c5ccccc5-4)c4ccccc4-c4c3ccc3c4c4ccccc4n3-c3ccccc3)ccc2-c2ccc(N(c3ccccc3)c3ccc(-c4ccccc4)cc3)cc21. The zero-order valence-corrected chi connectivity index (χ0v) is 40.1. The lowest BCUT2D eigenvalue weighted by molar-refractivity contribution is 0.660. The molecule has 0 fully saturated rings. The fraction of sp³-hybridized carbons (Fsp3) is 0.0571. The van der Waals surface area contributed by atoms with E-state index in [1.54, 1.807) is 0 Å². The lowest BCUT2D eigenvalue weighted by Crippen LogP contribution is -2.25. The normalized spacial score (nSPS) is 15.2. The van der Waals surface area contributed by atoms with Crippen molar-refractivity contribution in [2.24, 2.45) is 0 Å². The highest BCUT2D eigenvalue weighted by Gasteiger charge is 2.52. The van der Waals surface area contributed by atoms with Crippen molar-refractivity contribution < 1.29 is 0 Å². The van der Waals surface area contributed by atoms with Gasteiger partial charge < -0.3 is 9.47 Å². The molecular weight excluding hydrogens is 869 g/mol. The molecule has 0 amide bonds. The number of para-hydroxylation sites is 3. The summed E-state index contributed by atoms with van der Waals surface area (Å²) in [5, 5.41) is 2.59. The zero-order valence-electron chi connectivity index (χ0n) is 40.1. The van der Waals surface area contributed by atoms with E-state index in [1.165, 1.54) is 117 Å². The number of aromatic nitrogens is 1. The van der Waals surface area contributed by atoms with Crippen LogP contribution in [0.25, 0.3) is 83.1 Å². The summed E-state index contributed by atoms with van der Waals surface area (Å²) in [4.78, 5) is 2.39. The first kappa shape index (κ1) is 40.9. The van der Waals surface area contributed by atoms with Gasteiger partial charge in [0.1, 0.15) is 0 Å². The topological polar surface area (TPSA) is 8.17 Å². The van der Waals surface area contributed by atoms with Crippen molar-refractivity contribution in [1.29, 1.82) is 0 Å². The average Bonchev–Trinajstić information content (AvgIpc) is 4.11. The minimum Gasteiger partial charge on any atom is -0.310 e. The summed E-state index contributed by atoms with van der Waals surface area (Å²) in [7, 11) is 0. The molecule has 0 saturated carbocycles. The Bertz CT molecular complexity index is 4160. The molecule has 1 atom stereocenters. The van der Waals surface area contributed by atoms with Crippen LogP contribution in [0, 0.1) is 0 Å². The van der Waals surface area contributed by atoms with E-state index in [0.717, 1.165) is 17.1 Å². The van der Waals surface area contributed by atoms with Crippen LogP contribution < -0.4 is 4.90 Å². The maximum atomic E-state index is 2.54. The third-order valence-electron chi connectivity index (χ3n) is 16.4. The van der Waals surface area contributed by atoms with Crippen molar-refractivity contribution >= 4 is 38.9 Å². The molecule has 1 aromatic heterocycles. The number of hydrogen-bond acceptors (Lipinski definition) is 1. The standard InChI is InChI=1S/C70H48N2/c1-69(2)62-42-47(32-37-54(62)55-39-36-52(44-63(55)69)71(49-20-8-4-9-21-49)51-34-30-46(31-35-51)45-18-6-3-7-19-45)48-33-38-56-53-24-12-15-27-59(53)70(64(56)43-48)60-28-16-13-25-57(60)67-61(70)40-41-66-68(67)58-26-14-17-29-65(58)72(66)50-22-10-5-11-23-50/h3-44H,1-2H3. The fourth-order valence-electron chi connectivity index (χ4n) is 13.2. The smallest absolute Gasteiger partial charge is 0.0726 e. The molecule has 0 bridgehead atoms. The number of fused-ring (bicyclic) bond motifs is 17. The van der Waals surface area contributed by atoms with E-state index >= 15 is 0 Å². The van der Waals surface area contributed by atoms with Gasteiger partial charge in [-0.3, -0.25) is 0 Å². The van der Waals surface area contributed by atoms with Gasteiger partial charge in [0, 0.05) is 38.9 Å². The van der Waals surface area contributed by atoms with Gasteiger partial charge in [-0.25, -0.2) is 0 Å². The Balaban J connectivity index is 0.866. The van der Waals surface area contributed by atoms with Crippen LogP contribution in [-0.4, -0.2) is 4.57 Å². The summed E-state index contributed by atoms with van der Waals surface area (Å²) in [5.41, 5.74) is 27.2. The summed E-state index contributed by atoms with van der Waals surface area (Å²) in [5.74, 6) is 0. The Hall–Kier alpha value is -8.98. The Kier molecular flexibility index (Phi) is 8.66. The largest absolute Gasteiger partial charge is 0.310 e. The van der Waals surface area contributed by atoms with Gasteiger partial charge in [-0.15, -0.1) is 0 Å². The first-order valence-electron chi connectivity index (χ1n) is 25.3. The van der Waals surface area contributed by atoms with Gasteiger partial charge in [-0.2, -0.15) is 0 Å². The Morgan fingerprint density at radius 3 is 1.56 bits per heavy atom. The highest BCUT2D eigenvalue weighted by atomic mass is 15.1. The third-order valence-corrected chi connectivity index (χ3v) is 16.4. The minimum absolute atomic E-state index is 0.238. The summed E-state index contributed by atoms with van der Waals surface area (Å²) >= 11 is 0. The van der Waals surface area contributed by atoms with E-state index in [0.29, 0.717) is 0 Å². The summed E-state index contributed by atoms with van der Waals surface area (Å²) in [6.45, 7) is 4.81. The van der Waals surface area contributed by atoms with Gasteiger partial charge in [-0.05, 0) is 162 Å². The molecule has 3 aliphatic rings. The molecule has 12 aromatic rings. The van der Waals surface area contributed by atoms with Gasteiger partial charge >= 0.3 is 0 Å². The second-order valence-corrected chi connectivity index (χ2v) is 20.4. The van der Waals surface area contributed by atoms with E-state index in [-0.39, 0.29) is 5.41 Å². The molecule has 1 heterocycles. The Morgan fingerprint density at radius 2 is 0.819 bits per heavy atom. The van der Waals surface area contributed by atoms with Crippen LogP contribution in [0.3, 0.4) is 0 Å². The van der Waals surface area contributed by atoms with Gasteiger partial charge in [0.05, 0.1) is 16.4 Å². The van der Waals surface area contributed by atoms with Crippen LogP contribution in [-0.2, 0) is 10.8 Å². The minimum atomic E-state index is -0.493. The van der Waals surface area contributed by atoms with E-state index < -0.39 is 5.41 Å². The van der Waals surface area contributed by atoms with Crippen molar-refractivity contribution in [3.05, 3.63) is 288 Å². The van der Waals surface area contributed by atoms with Crippen molar-refractivity contribution in [2.75, 3.05) is 4.90 Å². The van der Waals surface area contributed by atoms with E-state index in [9.17, 15) is 0 Å². The van der Waals surface area contributed by atoms with Crippen molar-refractivity contribution in [3.63, 3.8) is 0 Å². The first-order chi connectivity index (χ1) is 35.5. The molecule has 338 valence electrons. The van der Waals surface area contributed by atoms with Crippen LogP contribution in [0.1, 0.15) is 47.2 Å². The average molecular weight is 917 g/mol. The number of rotatable bonds is 6. The molecule has 1 spiro atoms. The predicted octanol–water partition coefficient (Wildman–Crippen LogP) is 18.2. The number of benzene rings is 11. The maximum Gasteiger partial charge on any atom is 0.0726 e. The van der Waals surface area contributed by atoms with Crippen LogP contribution in [0.2, 0.25) is 0 Å². The molecule has 0 saturated heterocycles. The lowest BCUT2D eigenvalue weighted by atomic mass is 9.70. The number of hydrogen-bond donors (Lipinski definition) is 0. The fourth-order valence-corrected chi connectivity index (χ4v) is 13.2. The van der Waals surface area contributed by atoms with Crippen molar-refractivity contribution in [3.8, 4) is 61.3 Å². The van der Waals surface area contributed by atoms with Gasteiger partial charge in [0.2, 0.25) is 0 Å². The zero-order chi connectivity index (χ0) is 47.7. The Labute approximate surface area is 420 Å². The van der Waals surface area contributed by atoms with E-state index in [1.807, 2.05) is 0 Å². The predicted molar refractivity (Wildman–Crippen MR) is 300 cm³/mol. The van der Waals surface area contributed by atoms with Crippen LogP contribution in [0.15, 0.2) is 255 Å². The molecular formula is C70H48N2. The van der Waals surface area contributed by atoms with Crippen LogP contribution in [0.4, 0.5) is 17.1 Å². The molecule has 3 aliphatic carbocycles. The Morgan fingerprint density at radius 1 is 0.319 bits per heavy atom. The molecule has 2 heteroatoms. The molecule has 0 aliphatic heterocycles. The van der Waals surface area contributed by atoms with Gasteiger partial charge in [0.15, 0.2) is 0 Å². The summed E-state index contributed by atoms with van der Waals surface area (Å²) < 4.78 is 2.45. The third kappa shape index (κ3) is 5.61. The van der Waals surface area contributed by atoms with Gasteiger partial charge in [-0.1, -0.05) is 196 Å². The number of nitrogens with zero attached hydrogens (tertiary/aromatic N) is 2. The van der Waals surface area contributed by atoms with Crippen LogP contribution >= 0.6 is 0 Å². The van der Waals surface area contributed by atoms with E-state index in [2.05, 4.69) is 278 Å². The monoisotopic (exact) mass is 916 g/mol. The van der Waals surface area contributed by atoms with Crippen LogP contribution in [0.5, 0.6) is 0 Å². The molecule has 15 rings (SSSR count). The first-order valence-corrected chi connectivity index (χ1v) is 25.3. The molecule has 0 N–H and O–H groups in total. The van der Waals surface area contributed by atoms with Crippen molar-refractivity contribution in [1.82, 2.24) is 4.57 Å². The quantitative estimate of drug-likeness (QED) is 0.161. The lowest BCUT2D eigenvalue weighted by Gasteiger charge is -2.31. The summed E-state index contributed by atoms with van der Waals surface area (Å²) in [6.07, 6.45) is 0. The second-order valence-electron chi connectivity index (χ2n) is 20.4. The number of anilines is 3. The second kappa shape index (κ2) is 15.3. The highest BCUT2D eigenvalue weighted by molar-refractivity contribution is 6.19. The highest BCUT2D eigenvalue weighted by Crippen LogP contribution is 2.65. The summed E-state index contributed by atoms with van der Waals surface area (Å²) in [6, 6.07) is 95.0. The van der Waals surface area contributed by atoms with E-state index in [4.69, 9.17) is 0 Å². The molecule has 2 nitrogen and oxygen atoms in total. The molecule has 11 aromatic carbocycles. The molecule has 72 heavy (non-hydrogen) atoms. The maximum absolute atomic E-state index is 2.54. The van der Waals surface area contributed by atoms with Gasteiger partial charge in [0.25, 0.3) is 0 Å². The molecule has 0 radical (unpaired) electrons.